The quantitative estimate of drug-likeness (QED) is 0.282. The predicted molar refractivity (Wildman–Crippen MR) is 116 cm³/mol. The molecule has 1 aromatic carbocycles. The predicted octanol–water partition coefficient (Wildman–Crippen LogP) is 2.25. The van der Waals surface area contributed by atoms with Gasteiger partial charge in [-0.15, -0.1) is 0 Å². The second-order valence-corrected chi connectivity index (χ2v) is 8.74. The Morgan fingerprint density at radius 1 is 1.34 bits per heavy atom. The lowest BCUT2D eigenvalue weighted by Gasteiger charge is -2.32. The molecule has 11 heteroatoms. The third kappa shape index (κ3) is 3.62. The maximum absolute atomic E-state index is 13.4. The van der Waals surface area contributed by atoms with Gasteiger partial charge < -0.3 is 30.2 Å². The molecular formula is C21H22N2O8S. The Morgan fingerprint density at radius 3 is 2.75 bits per heavy atom. The zero-order chi connectivity index (χ0) is 23.2. The molecule has 1 aliphatic rings. The van der Waals surface area contributed by atoms with Crippen LogP contribution in [0, 0.1) is 23.0 Å². The van der Waals surface area contributed by atoms with Crippen LogP contribution in [0.4, 0.5) is 5.00 Å². The van der Waals surface area contributed by atoms with Crippen LogP contribution in [0.5, 0.6) is 11.5 Å². The highest BCUT2D eigenvalue weighted by atomic mass is 32.1. The highest BCUT2D eigenvalue weighted by molar-refractivity contribution is 7.13. The number of fused-ring (bicyclic) bond motifs is 1. The molecule has 3 atom stereocenters. The summed E-state index contributed by atoms with van der Waals surface area (Å²) in [5.74, 6) is -1.24. The number of thiophene rings is 1. The Labute approximate surface area is 185 Å². The second kappa shape index (κ2) is 8.51. The van der Waals surface area contributed by atoms with Crippen LogP contribution in [0.15, 0.2) is 26.7 Å². The SMILES string of the molecule is Cc1oc2c(C3CCNCC3CO)c(O)cc(O)c2c(=O)c1C(O)c1csc([N+](=O)[O-])c1. The number of phenols is 2. The lowest BCUT2D eigenvalue weighted by atomic mass is 9.80. The van der Waals surface area contributed by atoms with E-state index in [0.29, 0.717) is 25.1 Å². The topological polar surface area (TPSA) is 166 Å². The number of aliphatic hydroxyl groups is 2. The summed E-state index contributed by atoms with van der Waals surface area (Å²) >= 11 is 0.821. The van der Waals surface area contributed by atoms with Crippen molar-refractivity contribution in [1.29, 1.82) is 0 Å². The molecule has 1 aliphatic heterocycles. The third-order valence-corrected chi connectivity index (χ3v) is 6.87. The maximum Gasteiger partial charge on any atom is 0.324 e. The van der Waals surface area contributed by atoms with Gasteiger partial charge in [0.15, 0.2) is 0 Å². The summed E-state index contributed by atoms with van der Waals surface area (Å²) in [6.45, 7) is 2.48. The van der Waals surface area contributed by atoms with Crippen LogP contribution >= 0.6 is 11.3 Å². The minimum Gasteiger partial charge on any atom is -0.507 e. The van der Waals surface area contributed by atoms with Crippen molar-refractivity contribution in [2.24, 2.45) is 5.92 Å². The van der Waals surface area contributed by atoms with Gasteiger partial charge >= 0.3 is 5.00 Å². The van der Waals surface area contributed by atoms with E-state index in [-0.39, 0.29) is 57.0 Å². The van der Waals surface area contributed by atoms with Crippen LogP contribution in [0.25, 0.3) is 11.0 Å². The molecule has 170 valence electrons. The smallest absolute Gasteiger partial charge is 0.324 e. The minimum absolute atomic E-state index is 0.00241. The van der Waals surface area contributed by atoms with Gasteiger partial charge in [-0.3, -0.25) is 14.9 Å². The number of aliphatic hydroxyl groups excluding tert-OH is 2. The van der Waals surface area contributed by atoms with Crippen LogP contribution in [-0.4, -0.2) is 45.0 Å². The summed E-state index contributed by atoms with van der Waals surface area (Å²) in [5.41, 5.74) is -0.360. The van der Waals surface area contributed by atoms with Crippen molar-refractivity contribution in [1.82, 2.24) is 5.32 Å². The zero-order valence-corrected chi connectivity index (χ0v) is 17.9. The molecule has 1 saturated heterocycles. The summed E-state index contributed by atoms with van der Waals surface area (Å²) in [4.78, 5) is 23.8. The first kappa shape index (κ1) is 22.2. The fourth-order valence-corrected chi connectivity index (χ4v) is 5.13. The Morgan fingerprint density at radius 2 is 2.09 bits per heavy atom. The number of aromatic hydroxyl groups is 2. The van der Waals surface area contributed by atoms with Crippen LogP contribution < -0.4 is 10.7 Å². The van der Waals surface area contributed by atoms with Gasteiger partial charge in [0, 0.05) is 47.7 Å². The summed E-state index contributed by atoms with van der Waals surface area (Å²) in [6.07, 6.45) is -0.925. The number of nitro groups is 1. The molecule has 3 aromatic rings. The number of hydrogen-bond donors (Lipinski definition) is 5. The summed E-state index contributed by atoms with van der Waals surface area (Å²) in [5, 5.41) is 56.8. The largest absolute Gasteiger partial charge is 0.507 e. The lowest BCUT2D eigenvalue weighted by Crippen LogP contribution is -2.37. The Hall–Kier alpha value is -2.99. The van der Waals surface area contributed by atoms with E-state index in [2.05, 4.69) is 5.32 Å². The fourth-order valence-electron chi connectivity index (χ4n) is 4.39. The molecule has 5 N–H and O–H groups in total. The van der Waals surface area contributed by atoms with E-state index < -0.39 is 22.2 Å². The Bertz CT molecular complexity index is 1250. The lowest BCUT2D eigenvalue weighted by molar-refractivity contribution is -0.380. The number of nitrogens with zero attached hydrogens (tertiary/aromatic N) is 1. The third-order valence-electron chi connectivity index (χ3n) is 5.97. The first-order chi connectivity index (χ1) is 15.2. The zero-order valence-electron chi connectivity index (χ0n) is 17.1. The molecule has 0 aliphatic carbocycles. The molecule has 0 spiro atoms. The molecule has 3 heterocycles. The van der Waals surface area contributed by atoms with Crippen molar-refractivity contribution < 1.29 is 29.8 Å². The van der Waals surface area contributed by atoms with E-state index in [1.54, 1.807) is 0 Å². The number of rotatable bonds is 5. The first-order valence-corrected chi connectivity index (χ1v) is 10.9. The average Bonchev–Trinajstić information content (AvgIpc) is 3.24. The van der Waals surface area contributed by atoms with E-state index in [1.165, 1.54) is 18.4 Å². The van der Waals surface area contributed by atoms with Crippen molar-refractivity contribution >= 4 is 27.3 Å². The van der Waals surface area contributed by atoms with Crippen molar-refractivity contribution in [3.8, 4) is 11.5 Å². The second-order valence-electron chi connectivity index (χ2n) is 7.85. The highest BCUT2D eigenvalue weighted by Crippen LogP contribution is 2.43. The number of piperidine rings is 1. The monoisotopic (exact) mass is 462 g/mol. The average molecular weight is 462 g/mol. The van der Waals surface area contributed by atoms with Gasteiger partial charge in [-0.1, -0.05) is 11.3 Å². The van der Waals surface area contributed by atoms with E-state index in [9.17, 15) is 35.3 Å². The number of phenolic OH excluding ortho intramolecular Hbond substituents is 2. The van der Waals surface area contributed by atoms with Crippen molar-refractivity contribution in [3.63, 3.8) is 0 Å². The molecule has 4 rings (SSSR count). The standard InChI is InChI=1S/C21H22N2O8S/c1-9-16(19(27)10-4-15(23(29)30)32-8-10)20(28)18-14(26)5-13(25)17(21(18)31-9)12-2-3-22-6-11(12)7-24/h4-5,8,11-12,19,22,24-27H,2-3,6-7H2,1H3. The van der Waals surface area contributed by atoms with Gasteiger partial charge in [0.05, 0.1) is 10.5 Å². The molecule has 0 amide bonds. The van der Waals surface area contributed by atoms with Gasteiger partial charge in [0.25, 0.3) is 0 Å². The molecule has 10 nitrogen and oxygen atoms in total. The van der Waals surface area contributed by atoms with E-state index in [0.717, 1.165) is 17.4 Å². The van der Waals surface area contributed by atoms with E-state index in [4.69, 9.17) is 4.42 Å². The highest BCUT2D eigenvalue weighted by Gasteiger charge is 2.33. The van der Waals surface area contributed by atoms with Gasteiger partial charge in [0.2, 0.25) is 5.43 Å². The van der Waals surface area contributed by atoms with Crippen molar-refractivity contribution in [2.45, 2.75) is 25.4 Å². The van der Waals surface area contributed by atoms with E-state index in [1.807, 2.05) is 0 Å². The number of hydrogen-bond acceptors (Lipinski definition) is 10. The van der Waals surface area contributed by atoms with Crippen LogP contribution in [-0.2, 0) is 0 Å². The van der Waals surface area contributed by atoms with Crippen LogP contribution in [0.2, 0.25) is 0 Å². The molecular weight excluding hydrogens is 440 g/mol. The van der Waals surface area contributed by atoms with E-state index >= 15 is 0 Å². The van der Waals surface area contributed by atoms with Crippen molar-refractivity contribution in [3.05, 3.63) is 60.3 Å². The van der Waals surface area contributed by atoms with Gasteiger partial charge in [-0.2, -0.15) is 0 Å². The summed E-state index contributed by atoms with van der Waals surface area (Å²) in [7, 11) is 0. The van der Waals surface area contributed by atoms with Gasteiger partial charge in [-0.05, 0) is 25.8 Å². The molecule has 0 radical (unpaired) electrons. The molecule has 3 unspecified atom stereocenters. The molecule has 2 aromatic heterocycles. The number of benzene rings is 1. The van der Waals surface area contributed by atoms with Crippen LogP contribution in [0.3, 0.4) is 0 Å². The van der Waals surface area contributed by atoms with Gasteiger partial charge in [-0.25, -0.2) is 0 Å². The Balaban J connectivity index is 1.92. The summed E-state index contributed by atoms with van der Waals surface area (Å²) < 4.78 is 5.90. The first-order valence-electron chi connectivity index (χ1n) is 9.99. The molecule has 32 heavy (non-hydrogen) atoms. The summed E-state index contributed by atoms with van der Waals surface area (Å²) in [6, 6.07) is 2.24. The molecule has 0 bridgehead atoms. The van der Waals surface area contributed by atoms with Gasteiger partial charge in [0.1, 0.15) is 34.3 Å². The van der Waals surface area contributed by atoms with Crippen LogP contribution in [0.1, 0.15) is 40.9 Å². The van der Waals surface area contributed by atoms with Crippen molar-refractivity contribution in [2.75, 3.05) is 19.7 Å². The minimum atomic E-state index is -1.50. The Kier molecular flexibility index (Phi) is 5.91. The fraction of sp³-hybridized carbons (Fsp3) is 0.381. The molecule has 1 fully saturated rings. The molecule has 0 saturated carbocycles. The number of nitrogens with one attached hydrogen (secondary N) is 1. The normalized spacial score (nSPS) is 19.8. The number of aryl methyl sites for hydroxylation is 1. The maximum atomic E-state index is 13.4.